The van der Waals surface area contributed by atoms with Gasteiger partial charge in [-0.15, -0.1) is 5.10 Å². The molecular weight excluding hydrogens is 460 g/mol. The summed E-state index contributed by atoms with van der Waals surface area (Å²) in [5, 5.41) is 16.7. The molecule has 6 rings (SSSR count). The molecular formula is C22H21F2N9O2. The number of nitrogens with one attached hydrogen (secondary N) is 1. The summed E-state index contributed by atoms with van der Waals surface area (Å²) in [4.78, 5) is 19.3. The number of aryl methyl sites for hydroxylation is 1. The number of hydrogen-bond donors (Lipinski definition) is 1. The highest BCUT2D eigenvalue weighted by Crippen LogP contribution is 2.41. The first kappa shape index (κ1) is 21.4. The second-order valence-electron chi connectivity index (χ2n) is 8.27. The Balaban J connectivity index is 1.54. The highest BCUT2D eigenvalue weighted by atomic mass is 19.1. The summed E-state index contributed by atoms with van der Waals surface area (Å²) in [5.41, 5.74) is 3.61. The predicted octanol–water partition coefficient (Wildman–Crippen LogP) is 2.14. The number of halogens is 2. The lowest BCUT2D eigenvalue weighted by molar-refractivity contribution is -0.136. The molecule has 1 N–H and O–H groups in total. The second-order valence-corrected chi connectivity index (χ2v) is 8.27. The van der Waals surface area contributed by atoms with E-state index >= 15 is 0 Å². The Morgan fingerprint density at radius 2 is 2.14 bits per heavy atom. The van der Waals surface area contributed by atoms with Crippen LogP contribution < -0.4 is 0 Å². The molecule has 13 heteroatoms. The number of pyridine rings is 1. The van der Waals surface area contributed by atoms with E-state index < -0.39 is 25.6 Å². The average Bonchev–Trinajstić information content (AvgIpc) is 3.67. The van der Waals surface area contributed by atoms with Crippen molar-refractivity contribution in [1.82, 2.24) is 39.5 Å². The molecule has 4 aromatic rings. The van der Waals surface area contributed by atoms with E-state index in [1.54, 1.807) is 53.8 Å². The maximum atomic E-state index is 14.5. The Bertz CT molecular complexity index is 1440. The van der Waals surface area contributed by atoms with E-state index in [-0.39, 0.29) is 11.5 Å². The number of fused-ring (bicyclic) bond motifs is 2. The number of aromatic nitrogens is 6. The van der Waals surface area contributed by atoms with E-state index in [1.165, 1.54) is 4.52 Å². The molecule has 0 amide bonds. The van der Waals surface area contributed by atoms with Gasteiger partial charge in [0.15, 0.2) is 0 Å². The number of ether oxygens (including phenoxy) is 1. The van der Waals surface area contributed by atoms with Crippen LogP contribution in [0.2, 0.25) is 0 Å². The number of hydrazone groups is 1. The standard InChI is InChI=1S/C22H21F2N9O2/c1-30-16(4-6-27-30)22-33(28-17(11-34)35-22)32-8-5-15-19(26-12-25-15)21(32)18-14(10-24)20-13(9-23)3-2-7-31(20)29-18/h2-4,6-7,11-12,21-22H,5,8-10H2,1H3,(H,25,26). The number of alkyl halides is 2. The van der Waals surface area contributed by atoms with Crippen LogP contribution in [0.5, 0.6) is 0 Å². The molecule has 0 spiro atoms. The fraction of sp³-hybridized carbons (Fsp3) is 0.318. The van der Waals surface area contributed by atoms with Gasteiger partial charge in [-0.05, 0) is 12.1 Å². The summed E-state index contributed by atoms with van der Waals surface area (Å²) < 4.78 is 37.3. The molecule has 11 nitrogen and oxygen atoms in total. The van der Waals surface area contributed by atoms with Crippen molar-refractivity contribution in [2.45, 2.75) is 32.0 Å². The van der Waals surface area contributed by atoms with Gasteiger partial charge in [-0.1, -0.05) is 6.07 Å². The van der Waals surface area contributed by atoms with Gasteiger partial charge in [-0.25, -0.2) is 18.3 Å². The molecule has 4 aromatic heterocycles. The minimum absolute atomic E-state index is 0.0943. The fourth-order valence-corrected chi connectivity index (χ4v) is 4.86. The molecule has 2 atom stereocenters. The van der Waals surface area contributed by atoms with Crippen LogP contribution in [0.1, 0.15) is 46.2 Å². The summed E-state index contributed by atoms with van der Waals surface area (Å²) in [6.07, 6.45) is 5.22. The molecule has 0 aliphatic carbocycles. The zero-order chi connectivity index (χ0) is 24.1. The first-order chi connectivity index (χ1) is 17.1. The number of carbonyl (C=O) groups excluding carboxylic acids is 1. The Morgan fingerprint density at radius 3 is 2.89 bits per heavy atom. The maximum absolute atomic E-state index is 14.5. The summed E-state index contributed by atoms with van der Waals surface area (Å²) in [7, 11) is 1.76. The van der Waals surface area contributed by atoms with E-state index in [9.17, 15) is 13.6 Å². The Labute approximate surface area is 197 Å². The quantitative estimate of drug-likeness (QED) is 0.420. The number of aldehydes is 1. The number of hydrogen-bond acceptors (Lipinski definition) is 8. The number of carbonyl (C=O) groups is 1. The van der Waals surface area contributed by atoms with Crippen LogP contribution in [0.3, 0.4) is 0 Å². The van der Waals surface area contributed by atoms with E-state index in [4.69, 9.17) is 4.74 Å². The monoisotopic (exact) mass is 481 g/mol. The largest absolute Gasteiger partial charge is 0.441 e. The Morgan fingerprint density at radius 1 is 1.26 bits per heavy atom. The van der Waals surface area contributed by atoms with Crippen molar-refractivity contribution in [1.29, 1.82) is 0 Å². The third-order valence-electron chi connectivity index (χ3n) is 6.42. The van der Waals surface area contributed by atoms with E-state index in [0.29, 0.717) is 47.4 Å². The van der Waals surface area contributed by atoms with Gasteiger partial charge in [0.05, 0.1) is 23.2 Å². The molecule has 6 heterocycles. The summed E-state index contributed by atoms with van der Waals surface area (Å²) in [5.74, 6) is -0.0943. The molecule has 2 aliphatic rings. The van der Waals surface area contributed by atoms with Crippen LogP contribution in [0.4, 0.5) is 8.78 Å². The second kappa shape index (κ2) is 8.27. The van der Waals surface area contributed by atoms with Gasteiger partial charge in [-0.2, -0.15) is 20.3 Å². The van der Waals surface area contributed by atoms with Gasteiger partial charge < -0.3 is 9.72 Å². The zero-order valence-electron chi connectivity index (χ0n) is 18.7. The number of aromatic amines is 1. The van der Waals surface area contributed by atoms with Crippen LogP contribution in [-0.4, -0.2) is 58.2 Å². The number of hydrazine groups is 1. The fourth-order valence-electron chi connectivity index (χ4n) is 4.86. The van der Waals surface area contributed by atoms with Crippen molar-refractivity contribution >= 4 is 17.7 Å². The van der Waals surface area contributed by atoms with E-state index in [0.717, 1.165) is 5.69 Å². The zero-order valence-corrected chi connectivity index (χ0v) is 18.7. The van der Waals surface area contributed by atoms with Gasteiger partial charge in [0.1, 0.15) is 25.1 Å². The van der Waals surface area contributed by atoms with E-state index in [1.807, 2.05) is 5.01 Å². The lowest BCUT2D eigenvalue weighted by atomic mass is 9.98. The Kier molecular flexibility index (Phi) is 5.06. The first-order valence-corrected chi connectivity index (χ1v) is 11.0. The van der Waals surface area contributed by atoms with E-state index in [2.05, 4.69) is 25.3 Å². The van der Waals surface area contributed by atoms with Gasteiger partial charge in [0, 0.05) is 49.2 Å². The molecule has 0 saturated carbocycles. The third kappa shape index (κ3) is 3.22. The highest BCUT2D eigenvalue weighted by molar-refractivity contribution is 6.24. The van der Waals surface area contributed by atoms with Crippen LogP contribution in [0, 0.1) is 0 Å². The summed E-state index contributed by atoms with van der Waals surface area (Å²) in [6, 6.07) is 4.39. The van der Waals surface area contributed by atoms with Crippen molar-refractivity contribution in [2.75, 3.05) is 6.54 Å². The maximum Gasteiger partial charge on any atom is 0.275 e. The van der Waals surface area contributed by atoms with Crippen LogP contribution in [0.15, 0.2) is 42.0 Å². The highest BCUT2D eigenvalue weighted by Gasteiger charge is 2.44. The predicted molar refractivity (Wildman–Crippen MR) is 118 cm³/mol. The van der Waals surface area contributed by atoms with Crippen molar-refractivity contribution in [2.24, 2.45) is 12.1 Å². The summed E-state index contributed by atoms with van der Waals surface area (Å²) >= 11 is 0. The van der Waals surface area contributed by atoms with Crippen LogP contribution in [-0.2, 0) is 36.3 Å². The summed E-state index contributed by atoms with van der Waals surface area (Å²) in [6.45, 7) is -1.15. The minimum Gasteiger partial charge on any atom is -0.441 e. The molecule has 0 fully saturated rings. The topological polar surface area (TPSA) is 109 Å². The van der Waals surface area contributed by atoms with Crippen LogP contribution >= 0.6 is 0 Å². The molecule has 35 heavy (non-hydrogen) atoms. The van der Waals surface area contributed by atoms with Crippen molar-refractivity contribution < 1.29 is 18.3 Å². The molecule has 0 aromatic carbocycles. The van der Waals surface area contributed by atoms with Gasteiger partial charge in [-0.3, -0.25) is 9.48 Å². The molecule has 0 saturated heterocycles. The molecule has 180 valence electrons. The van der Waals surface area contributed by atoms with Crippen molar-refractivity contribution in [3.8, 4) is 0 Å². The molecule has 2 aliphatic heterocycles. The first-order valence-electron chi connectivity index (χ1n) is 11.0. The number of imidazole rings is 1. The van der Waals surface area contributed by atoms with Crippen molar-refractivity contribution in [3.05, 3.63) is 70.8 Å². The average molecular weight is 481 g/mol. The number of H-pyrrole nitrogens is 1. The lowest BCUT2D eigenvalue weighted by Gasteiger charge is -2.40. The Hall–Kier alpha value is -4.13. The number of rotatable bonds is 6. The minimum atomic E-state index is -0.843. The van der Waals surface area contributed by atoms with Gasteiger partial charge >= 0.3 is 0 Å². The number of nitrogens with zero attached hydrogens (tertiary/aromatic N) is 8. The normalized spacial score (nSPS) is 20.2. The van der Waals surface area contributed by atoms with Crippen molar-refractivity contribution in [3.63, 3.8) is 0 Å². The molecule has 0 bridgehead atoms. The lowest BCUT2D eigenvalue weighted by Crippen LogP contribution is -2.47. The SMILES string of the molecule is Cn1nccc1C1OC(C=O)=NN1N1CCc2[nH]cnc2C1c1nn2cccc(CF)c2c1CF. The molecule has 2 unspecified atom stereocenters. The third-order valence-corrected chi connectivity index (χ3v) is 6.42. The van der Waals surface area contributed by atoms with Gasteiger partial charge in [0.2, 0.25) is 12.5 Å². The smallest absolute Gasteiger partial charge is 0.275 e. The molecule has 0 radical (unpaired) electrons. The van der Waals surface area contributed by atoms with Gasteiger partial charge in [0.25, 0.3) is 5.90 Å². The van der Waals surface area contributed by atoms with Crippen LogP contribution in [0.25, 0.3) is 5.52 Å².